The van der Waals surface area contributed by atoms with Gasteiger partial charge in [0.05, 0.1) is 62.0 Å². The smallest absolute Gasteiger partial charge is 0.323 e. The lowest BCUT2D eigenvalue weighted by molar-refractivity contribution is 0.0336. The molecule has 0 radical (unpaired) electrons. The number of morpholine rings is 2. The molecule has 4 amide bonds. The lowest BCUT2D eigenvalue weighted by Crippen LogP contribution is -2.35. The van der Waals surface area contributed by atoms with Crippen molar-refractivity contribution in [1.29, 1.82) is 0 Å². The lowest BCUT2D eigenvalue weighted by atomic mass is 9.98. The van der Waals surface area contributed by atoms with Gasteiger partial charge in [-0.1, -0.05) is 119 Å². The molecule has 76 heavy (non-hydrogen) atoms. The van der Waals surface area contributed by atoms with Crippen LogP contribution in [0.15, 0.2) is 146 Å². The number of aryl methyl sites for hydroxylation is 1. The van der Waals surface area contributed by atoms with E-state index in [9.17, 15) is 9.59 Å². The highest BCUT2D eigenvalue weighted by atomic mass is 16.5. The largest absolute Gasteiger partial charge is 0.495 e. The minimum Gasteiger partial charge on any atom is -0.495 e. The molecule has 6 aromatic carbocycles. The molecule has 13 nitrogen and oxygen atoms in total. The molecule has 10 rings (SSSR count). The summed E-state index contributed by atoms with van der Waals surface area (Å²) in [5.41, 5.74) is 12.7. The quantitative estimate of drug-likeness (QED) is 0.0837. The Hall–Kier alpha value is -7.68. The molecular formula is C63H70N8O5. The Bertz CT molecular complexity index is 3260. The normalized spacial score (nSPS) is 14.4. The van der Waals surface area contributed by atoms with E-state index in [-0.39, 0.29) is 12.1 Å². The standard InChI is InChI=1S/C32H36N4O3.C31H34N4O2/c1-4-22(2)23-10-14-31(38-3)30(19-23)35-32(37)34-29-13-12-26(27-7-5-6-8-28(27)29)24-9-11-25(33-20-24)21-36-15-17-39-18-16-36;1-21(2)23-9-8-22(3)30(18-23)34-31(36)33-29-13-12-26(27-6-4-5-7-28(27)29)24-10-11-25(32-19-24)20-35-14-16-37-17-15-35/h5-14,19-20,22H,4,15-18,21H2,1-3H3,(H2,34,35,37);4-13,18-19,21H,14-17,20H2,1-3H3,(H2,33,34,36). The molecule has 1 unspecified atom stereocenters. The molecule has 8 aromatic rings. The van der Waals surface area contributed by atoms with E-state index < -0.39 is 0 Å². The summed E-state index contributed by atoms with van der Waals surface area (Å²) >= 11 is 0. The Balaban J connectivity index is 0.000000186. The second-order valence-corrected chi connectivity index (χ2v) is 19.9. The van der Waals surface area contributed by atoms with E-state index in [0.717, 1.165) is 155 Å². The fourth-order valence-corrected chi connectivity index (χ4v) is 9.70. The topological polar surface area (TPSA) is 142 Å². The molecular weight excluding hydrogens is 949 g/mol. The highest BCUT2D eigenvalue weighted by Gasteiger charge is 2.18. The Kier molecular flexibility index (Phi) is 17.7. The van der Waals surface area contributed by atoms with Gasteiger partial charge in [-0.25, -0.2) is 9.59 Å². The first kappa shape index (κ1) is 53.2. The van der Waals surface area contributed by atoms with Crippen LogP contribution in [-0.2, 0) is 22.6 Å². The number of nitrogens with zero attached hydrogens (tertiary/aromatic N) is 4. The molecule has 0 aliphatic carbocycles. The number of aromatic nitrogens is 2. The number of carbonyl (C=O) groups is 2. The van der Waals surface area contributed by atoms with Gasteiger partial charge in [-0.2, -0.15) is 0 Å². The first-order valence-corrected chi connectivity index (χ1v) is 26.5. The fraction of sp³-hybridized carbons (Fsp3) is 0.302. The number of methoxy groups -OCH3 is 1. The van der Waals surface area contributed by atoms with Gasteiger partial charge in [-0.3, -0.25) is 19.8 Å². The van der Waals surface area contributed by atoms with Crippen LogP contribution >= 0.6 is 0 Å². The zero-order valence-corrected chi connectivity index (χ0v) is 44.6. The van der Waals surface area contributed by atoms with E-state index in [0.29, 0.717) is 23.3 Å². The number of benzene rings is 6. The van der Waals surface area contributed by atoms with E-state index in [1.165, 1.54) is 5.56 Å². The average molecular weight is 1020 g/mol. The first-order chi connectivity index (χ1) is 37.0. The molecule has 2 fully saturated rings. The van der Waals surface area contributed by atoms with Gasteiger partial charge in [0.25, 0.3) is 0 Å². The van der Waals surface area contributed by atoms with Crippen molar-refractivity contribution in [2.45, 2.75) is 66.0 Å². The highest BCUT2D eigenvalue weighted by molar-refractivity contribution is 6.11. The number of hydrogen-bond donors (Lipinski definition) is 4. The molecule has 392 valence electrons. The van der Waals surface area contributed by atoms with Crippen LogP contribution in [0.1, 0.15) is 74.0 Å². The third-order valence-corrected chi connectivity index (χ3v) is 14.4. The molecule has 4 heterocycles. The molecule has 4 N–H and O–H groups in total. The summed E-state index contributed by atoms with van der Waals surface area (Å²) in [5.74, 6) is 1.41. The summed E-state index contributed by atoms with van der Waals surface area (Å²) in [5, 5.41) is 16.2. The summed E-state index contributed by atoms with van der Waals surface area (Å²) in [6.07, 6.45) is 4.90. The third-order valence-electron chi connectivity index (χ3n) is 14.4. The summed E-state index contributed by atoms with van der Waals surface area (Å²) in [7, 11) is 1.61. The number of anilines is 4. The fourth-order valence-electron chi connectivity index (χ4n) is 9.70. The molecule has 13 heteroatoms. The molecule has 2 aromatic heterocycles. The zero-order valence-electron chi connectivity index (χ0n) is 44.6. The van der Waals surface area contributed by atoms with Crippen LogP contribution in [0, 0.1) is 6.92 Å². The second kappa shape index (κ2) is 25.2. The van der Waals surface area contributed by atoms with Crippen LogP contribution in [-0.4, -0.2) is 91.5 Å². The van der Waals surface area contributed by atoms with Crippen LogP contribution in [0.5, 0.6) is 5.75 Å². The summed E-state index contributed by atoms with van der Waals surface area (Å²) in [4.78, 5) is 40.3. The highest BCUT2D eigenvalue weighted by Crippen LogP contribution is 2.36. The minimum atomic E-state index is -0.318. The van der Waals surface area contributed by atoms with Crippen molar-refractivity contribution in [3.63, 3.8) is 0 Å². The minimum absolute atomic E-state index is 0.254. The summed E-state index contributed by atoms with van der Waals surface area (Å²) in [6, 6.07) is 44.3. The van der Waals surface area contributed by atoms with E-state index in [4.69, 9.17) is 24.2 Å². The Morgan fingerprint density at radius 3 is 1.47 bits per heavy atom. The van der Waals surface area contributed by atoms with Crippen molar-refractivity contribution in [3.05, 3.63) is 174 Å². The van der Waals surface area contributed by atoms with Gasteiger partial charge in [-0.15, -0.1) is 0 Å². The maximum atomic E-state index is 13.1. The Labute approximate surface area is 447 Å². The number of urea groups is 2. The number of amides is 4. The van der Waals surface area contributed by atoms with E-state index >= 15 is 0 Å². The SMILES string of the molecule is CCC(C)c1ccc(OC)c(NC(=O)Nc2ccc(-c3ccc(CN4CCOCC4)nc3)c3ccccc23)c1.Cc1ccc(C(C)C)cc1NC(=O)Nc1ccc(-c2ccc(CN3CCOCC3)nc2)c2ccccc12. The number of ether oxygens (including phenoxy) is 3. The molecule has 0 spiro atoms. The van der Waals surface area contributed by atoms with Gasteiger partial charge >= 0.3 is 12.1 Å². The molecule has 2 aliphatic rings. The number of pyridine rings is 2. The van der Waals surface area contributed by atoms with E-state index in [1.807, 2.05) is 92.1 Å². The predicted octanol–water partition coefficient (Wildman–Crippen LogP) is 13.7. The number of fused-ring (bicyclic) bond motifs is 2. The van der Waals surface area contributed by atoms with Crippen molar-refractivity contribution in [2.24, 2.45) is 0 Å². The van der Waals surface area contributed by atoms with Gasteiger partial charge in [-0.05, 0) is 106 Å². The second-order valence-electron chi connectivity index (χ2n) is 19.9. The Morgan fingerprint density at radius 1 is 0.553 bits per heavy atom. The maximum Gasteiger partial charge on any atom is 0.323 e. The van der Waals surface area contributed by atoms with Crippen LogP contribution in [0.4, 0.5) is 32.3 Å². The van der Waals surface area contributed by atoms with Crippen molar-refractivity contribution < 1.29 is 23.8 Å². The van der Waals surface area contributed by atoms with Crippen molar-refractivity contribution in [2.75, 3.05) is 81.0 Å². The molecule has 2 aliphatic heterocycles. The monoisotopic (exact) mass is 1020 g/mol. The van der Waals surface area contributed by atoms with Crippen molar-refractivity contribution >= 4 is 56.4 Å². The average Bonchev–Trinajstić information content (AvgIpc) is 3.46. The van der Waals surface area contributed by atoms with Gasteiger partial charge < -0.3 is 35.5 Å². The van der Waals surface area contributed by atoms with Crippen molar-refractivity contribution in [3.8, 4) is 28.0 Å². The zero-order chi connectivity index (χ0) is 53.0. The predicted molar refractivity (Wildman–Crippen MR) is 309 cm³/mol. The van der Waals surface area contributed by atoms with Gasteiger partial charge in [0.2, 0.25) is 0 Å². The molecule has 1 atom stereocenters. The maximum absolute atomic E-state index is 13.1. The van der Waals surface area contributed by atoms with Gasteiger partial charge in [0.15, 0.2) is 0 Å². The van der Waals surface area contributed by atoms with Crippen molar-refractivity contribution in [1.82, 2.24) is 19.8 Å². The molecule has 0 bridgehead atoms. The van der Waals surface area contributed by atoms with Crippen LogP contribution in [0.25, 0.3) is 43.8 Å². The number of hydrogen-bond acceptors (Lipinski definition) is 9. The number of rotatable bonds is 14. The third kappa shape index (κ3) is 13.2. The molecule has 2 saturated heterocycles. The van der Waals surface area contributed by atoms with Gasteiger partial charge in [0, 0.05) is 79.2 Å². The number of nitrogens with one attached hydrogen (secondary N) is 4. The summed E-state index contributed by atoms with van der Waals surface area (Å²) < 4.78 is 16.4. The van der Waals surface area contributed by atoms with Crippen LogP contribution < -0.4 is 26.0 Å². The van der Waals surface area contributed by atoms with E-state index in [1.54, 1.807) is 7.11 Å². The first-order valence-electron chi connectivity index (χ1n) is 26.5. The van der Waals surface area contributed by atoms with Crippen LogP contribution in [0.2, 0.25) is 0 Å². The number of carbonyl (C=O) groups excluding carboxylic acids is 2. The lowest BCUT2D eigenvalue weighted by Gasteiger charge is -2.26. The van der Waals surface area contributed by atoms with Crippen LogP contribution in [0.3, 0.4) is 0 Å². The molecule has 0 saturated carbocycles. The summed E-state index contributed by atoms with van der Waals surface area (Å²) in [6.45, 7) is 19.2. The van der Waals surface area contributed by atoms with E-state index in [2.05, 4.69) is 119 Å². The van der Waals surface area contributed by atoms with Gasteiger partial charge in [0.1, 0.15) is 5.75 Å². The Morgan fingerprint density at radius 2 is 1.01 bits per heavy atom.